The number of rotatable bonds is 6. The average Bonchev–Trinajstić information content (AvgIpc) is 3.38. The van der Waals surface area contributed by atoms with Crippen molar-refractivity contribution < 1.29 is 14.1 Å². The van der Waals surface area contributed by atoms with E-state index in [4.69, 9.17) is 15.0 Å². The van der Waals surface area contributed by atoms with Gasteiger partial charge in [0.1, 0.15) is 6.10 Å². The van der Waals surface area contributed by atoms with Crippen molar-refractivity contribution in [2.24, 2.45) is 23.5 Å². The highest BCUT2D eigenvalue weighted by atomic mass is 16.5. The zero-order valence-electron chi connectivity index (χ0n) is 16.3. The fourth-order valence-corrected chi connectivity index (χ4v) is 5.05. The molecule has 5 unspecified atom stereocenters. The van der Waals surface area contributed by atoms with Gasteiger partial charge in [-0.3, -0.25) is 9.69 Å². The van der Waals surface area contributed by atoms with Crippen LogP contribution in [-0.2, 0) is 16.1 Å². The van der Waals surface area contributed by atoms with Crippen molar-refractivity contribution in [3.05, 3.63) is 11.7 Å². The quantitative estimate of drug-likeness (QED) is 0.795. The lowest BCUT2D eigenvalue weighted by Crippen LogP contribution is -2.53. The number of amides is 1. The minimum atomic E-state index is -0.159. The number of nitrogens with zero attached hydrogens (tertiary/aromatic N) is 4. The Morgan fingerprint density at radius 1 is 1.30 bits per heavy atom. The predicted octanol–water partition coefficient (Wildman–Crippen LogP) is 1.18. The van der Waals surface area contributed by atoms with E-state index >= 15 is 0 Å². The molecule has 0 radical (unpaired) electrons. The average molecular weight is 377 g/mol. The van der Waals surface area contributed by atoms with E-state index in [0.717, 1.165) is 32.6 Å². The summed E-state index contributed by atoms with van der Waals surface area (Å²) < 4.78 is 10.9. The SMILES string of the molecule is CCOC(C)c1noc(CN2CCN(C(=O)C3C4CCC(C4)C3N)CC2)n1. The third-order valence-electron chi connectivity index (χ3n) is 6.57. The van der Waals surface area contributed by atoms with E-state index in [1.54, 1.807) is 0 Å². The summed E-state index contributed by atoms with van der Waals surface area (Å²) in [6.45, 7) is 8.23. The van der Waals surface area contributed by atoms with Crippen LogP contribution in [0.3, 0.4) is 0 Å². The molecule has 1 amide bonds. The van der Waals surface area contributed by atoms with Crippen LogP contribution >= 0.6 is 0 Å². The molecular formula is C19H31N5O3. The zero-order chi connectivity index (χ0) is 19.0. The van der Waals surface area contributed by atoms with Gasteiger partial charge in [0, 0.05) is 38.8 Å². The van der Waals surface area contributed by atoms with E-state index in [1.165, 1.54) is 12.8 Å². The second-order valence-electron chi connectivity index (χ2n) is 8.18. The van der Waals surface area contributed by atoms with Crippen molar-refractivity contribution >= 4 is 5.91 Å². The Hall–Kier alpha value is -1.51. The molecule has 8 heteroatoms. The van der Waals surface area contributed by atoms with Gasteiger partial charge < -0.3 is 19.9 Å². The maximum Gasteiger partial charge on any atom is 0.240 e. The lowest BCUT2D eigenvalue weighted by atomic mass is 9.84. The number of aromatic nitrogens is 2. The summed E-state index contributed by atoms with van der Waals surface area (Å²) in [6.07, 6.45) is 3.37. The van der Waals surface area contributed by atoms with Gasteiger partial charge in [-0.15, -0.1) is 0 Å². The molecule has 5 atom stereocenters. The first kappa shape index (κ1) is 18.8. The van der Waals surface area contributed by atoms with Crippen molar-refractivity contribution in [2.45, 2.75) is 51.8 Å². The molecule has 3 fully saturated rings. The zero-order valence-corrected chi connectivity index (χ0v) is 16.3. The molecule has 3 aliphatic rings. The van der Waals surface area contributed by atoms with Crippen LogP contribution in [-0.4, -0.2) is 64.7 Å². The van der Waals surface area contributed by atoms with E-state index in [-0.39, 0.29) is 24.0 Å². The summed E-state index contributed by atoms with van der Waals surface area (Å²) in [5.41, 5.74) is 6.35. The van der Waals surface area contributed by atoms with Gasteiger partial charge in [0.25, 0.3) is 0 Å². The predicted molar refractivity (Wildman–Crippen MR) is 98.5 cm³/mol. The fraction of sp³-hybridized carbons (Fsp3) is 0.842. The Morgan fingerprint density at radius 3 is 2.70 bits per heavy atom. The van der Waals surface area contributed by atoms with Crippen molar-refractivity contribution in [1.29, 1.82) is 0 Å². The molecule has 1 aromatic heterocycles. The molecule has 2 aliphatic carbocycles. The molecule has 27 heavy (non-hydrogen) atoms. The minimum Gasteiger partial charge on any atom is -0.371 e. The van der Waals surface area contributed by atoms with Crippen LogP contribution < -0.4 is 5.73 Å². The van der Waals surface area contributed by atoms with Crippen molar-refractivity contribution in [2.75, 3.05) is 32.8 Å². The smallest absolute Gasteiger partial charge is 0.240 e. The molecule has 4 rings (SSSR count). The summed E-state index contributed by atoms with van der Waals surface area (Å²) in [5.74, 6) is 2.60. The van der Waals surface area contributed by atoms with E-state index in [0.29, 0.717) is 36.7 Å². The molecule has 0 aromatic carbocycles. The molecule has 2 N–H and O–H groups in total. The van der Waals surface area contributed by atoms with E-state index in [9.17, 15) is 4.79 Å². The number of carbonyl (C=O) groups is 1. The molecule has 2 bridgehead atoms. The number of hydrogen-bond acceptors (Lipinski definition) is 7. The Labute approximate surface area is 160 Å². The minimum absolute atomic E-state index is 0.0499. The first-order valence-corrected chi connectivity index (χ1v) is 10.3. The highest BCUT2D eigenvalue weighted by Crippen LogP contribution is 2.48. The second kappa shape index (κ2) is 7.85. The summed E-state index contributed by atoms with van der Waals surface area (Å²) >= 11 is 0. The lowest BCUT2D eigenvalue weighted by molar-refractivity contribution is -0.139. The summed E-state index contributed by atoms with van der Waals surface area (Å²) in [7, 11) is 0. The van der Waals surface area contributed by atoms with Gasteiger partial charge in [-0.1, -0.05) is 5.16 Å². The molecule has 1 aliphatic heterocycles. The number of ether oxygens (including phenoxy) is 1. The van der Waals surface area contributed by atoms with Crippen molar-refractivity contribution in [1.82, 2.24) is 19.9 Å². The van der Waals surface area contributed by atoms with Crippen molar-refractivity contribution in [3.63, 3.8) is 0 Å². The van der Waals surface area contributed by atoms with Crippen LogP contribution in [0.15, 0.2) is 4.52 Å². The Morgan fingerprint density at radius 2 is 2.04 bits per heavy atom. The van der Waals surface area contributed by atoms with Gasteiger partial charge in [0.2, 0.25) is 11.8 Å². The number of piperazine rings is 1. The van der Waals surface area contributed by atoms with Crippen LogP contribution in [0.2, 0.25) is 0 Å². The molecule has 150 valence electrons. The summed E-state index contributed by atoms with van der Waals surface area (Å²) in [6, 6.07) is 0.0680. The second-order valence-corrected chi connectivity index (χ2v) is 8.18. The van der Waals surface area contributed by atoms with E-state index in [1.807, 2.05) is 18.7 Å². The molecule has 1 saturated heterocycles. The number of carbonyl (C=O) groups excluding carboxylic acids is 1. The standard InChI is InChI=1S/C19H31N5O3/c1-3-26-12(2)18-21-15(27-22-18)11-23-6-8-24(9-7-23)19(25)16-13-4-5-14(10-13)17(16)20/h12-14,16-17H,3-11,20H2,1-2H3. The highest BCUT2D eigenvalue weighted by Gasteiger charge is 2.50. The maximum atomic E-state index is 13.0. The van der Waals surface area contributed by atoms with Crippen LogP contribution in [0.4, 0.5) is 0 Å². The summed E-state index contributed by atoms with van der Waals surface area (Å²) in [5, 5.41) is 4.01. The number of nitrogens with two attached hydrogens (primary N) is 1. The number of hydrogen-bond donors (Lipinski definition) is 1. The Balaban J connectivity index is 1.27. The molecule has 1 aromatic rings. The van der Waals surface area contributed by atoms with E-state index < -0.39 is 0 Å². The van der Waals surface area contributed by atoms with Gasteiger partial charge in [-0.2, -0.15) is 4.98 Å². The van der Waals surface area contributed by atoms with Gasteiger partial charge in [-0.05, 0) is 44.9 Å². The fourth-order valence-electron chi connectivity index (χ4n) is 5.05. The van der Waals surface area contributed by atoms with Gasteiger partial charge in [0.05, 0.1) is 12.5 Å². The van der Waals surface area contributed by atoms with Crippen molar-refractivity contribution in [3.8, 4) is 0 Å². The topological polar surface area (TPSA) is 97.7 Å². The van der Waals surface area contributed by atoms with Crippen LogP contribution in [0.5, 0.6) is 0 Å². The first-order valence-electron chi connectivity index (χ1n) is 10.3. The Bertz CT molecular complexity index is 656. The van der Waals surface area contributed by atoms with E-state index in [2.05, 4.69) is 15.0 Å². The maximum absolute atomic E-state index is 13.0. The molecular weight excluding hydrogens is 346 g/mol. The molecule has 2 heterocycles. The number of fused-ring (bicyclic) bond motifs is 2. The normalized spacial score (nSPS) is 32.2. The third kappa shape index (κ3) is 3.75. The molecule has 8 nitrogen and oxygen atoms in total. The first-order chi connectivity index (χ1) is 13.1. The highest BCUT2D eigenvalue weighted by molar-refractivity contribution is 5.80. The van der Waals surface area contributed by atoms with Crippen LogP contribution in [0.25, 0.3) is 0 Å². The van der Waals surface area contributed by atoms with Crippen LogP contribution in [0.1, 0.15) is 50.9 Å². The third-order valence-corrected chi connectivity index (χ3v) is 6.57. The van der Waals surface area contributed by atoms with Crippen LogP contribution in [0, 0.1) is 17.8 Å². The monoisotopic (exact) mass is 377 g/mol. The Kier molecular flexibility index (Phi) is 5.48. The lowest BCUT2D eigenvalue weighted by Gasteiger charge is -2.38. The molecule has 0 spiro atoms. The van der Waals surface area contributed by atoms with Gasteiger partial charge >= 0.3 is 0 Å². The summed E-state index contributed by atoms with van der Waals surface area (Å²) in [4.78, 5) is 21.7. The largest absolute Gasteiger partial charge is 0.371 e. The van der Waals surface area contributed by atoms with Gasteiger partial charge in [0.15, 0.2) is 5.82 Å². The molecule has 2 saturated carbocycles. The van der Waals surface area contributed by atoms with Gasteiger partial charge in [-0.25, -0.2) is 0 Å².